The SMILES string of the molecule is COc1ccc(C(=O)N2CCN(C(=O)c3cccc(O)c3)CC2)cc1S(=O)(=O)N1CCOCC1. The molecular weight excluding hydrogens is 462 g/mol. The summed E-state index contributed by atoms with van der Waals surface area (Å²) in [6, 6.07) is 10.5. The summed E-state index contributed by atoms with van der Waals surface area (Å²) in [6.07, 6.45) is 0. The van der Waals surface area contributed by atoms with E-state index in [1.54, 1.807) is 28.0 Å². The highest BCUT2D eigenvalue weighted by Crippen LogP contribution is 2.29. The van der Waals surface area contributed by atoms with Crippen LogP contribution in [0.15, 0.2) is 47.4 Å². The van der Waals surface area contributed by atoms with Gasteiger partial charge in [-0.2, -0.15) is 4.31 Å². The Labute approximate surface area is 198 Å². The molecule has 182 valence electrons. The van der Waals surface area contributed by atoms with Crippen LogP contribution in [0, 0.1) is 0 Å². The van der Waals surface area contributed by atoms with Crippen LogP contribution in [0.1, 0.15) is 20.7 Å². The van der Waals surface area contributed by atoms with E-state index in [0.29, 0.717) is 45.0 Å². The molecule has 0 spiro atoms. The van der Waals surface area contributed by atoms with Crippen LogP contribution < -0.4 is 4.74 Å². The normalized spacial score (nSPS) is 17.4. The van der Waals surface area contributed by atoms with Crippen molar-refractivity contribution in [1.29, 1.82) is 0 Å². The van der Waals surface area contributed by atoms with Gasteiger partial charge < -0.3 is 24.4 Å². The molecule has 0 radical (unpaired) electrons. The van der Waals surface area contributed by atoms with Crippen molar-refractivity contribution in [3.63, 3.8) is 0 Å². The van der Waals surface area contributed by atoms with Gasteiger partial charge in [-0.3, -0.25) is 9.59 Å². The second-order valence-corrected chi connectivity index (χ2v) is 9.92. The average Bonchev–Trinajstić information content (AvgIpc) is 2.88. The molecule has 0 saturated carbocycles. The standard InChI is InChI=1S/C23H27N3O7S/c1-32-20-6-5-18(16-21(20)34(30,31)26-11-13-33-14-12-26)23(29)25-9-7-24(8-10-25)22(28)17-3-2-4-19(27)15-17/h2-6,15-16,27H,7-14H2,1H3. The van der Waals surface area contributed by atoms with Gasteiger partial charge in [0, 0.05) is 50.4 Å². The number of ether oxygens (including phenoxy) is 2. The summed E-state index contributed by atoms with van der Waals surface area (Å²) in [6.45, 7) is 2.36. The van der Waals surface area contributed by atoms with E-state index in [0.717, 1.165) is 0 Å². The quantitative estimate of drug-likeness (QED) is 0.667. The number of nitrogens with zero attached hydrogens (tertiary/aromatic N) is 3. The first-order valence-electron chi connectivity index (χ1n) is 10.9. The molecule has 0 atom stereocenters. The minimum atomic E-state index is -3.86. The highest BCUT2D eigenvalue weighted by Gasteiger charge is 2.31. The Hall–Kier alpha value is -3.15. The Morgan fingerprint density at radius 2 is 1.47 bits per heavy atom. The van der Waals surface area contributed by atoms with Crippen LogP contribution in [0.5, 0.6) is 11.5 Å². The van der Waals surface area contributed by atoms with E-state index in [2.05, 4.69) is 0 Å². The van der Waals surface area contributed by atoms with E-state index in [9.17, 15) is 23.1 Å². The minimum absolute atomic E-state index is 0.0157. The first-order chi connectivity index (χ1) is 16.3. The number of piperazine rings is 1. The lowest BCUT2D eigenvalue weighted by molar-refractivity contribution is 0.0535. The molecule has 0 aliphatic carbocycles. The van der Waals surface area contributed by atoms with Crippen molar-refractivity contribution >= 4 is 21.8 Å². The molecule has 2 heterocycles. The van der Waals surface area contributed by atoms with Crippen LogP contribution in [0.3, 0.4) is 0 Å². The Morgan fingerprint density at radius 1 is 0.882 bits per heavy atom. The fourth-order valence-corrected chi connectivity index (χ4v) is 5.64. The smallest absolute Gasteiger partial charge is 0.254 e. The minimum Gasteiger partial charge on any atom is -0.508 e. The zero-order valence-corrected chi connectivity index (χ0v) is 19.7. The summed E-state index contributed by atoms with van der Waals surface area (Å²) in [4.78, 5) is 29.0. The maximum Gasteiger partial charge on any atom is 0.254 e. The second-order valence-electron chi connectivity index (χ2n) is 8.02. The molecule has 4 rings (SSSR count). The molecule has 11 heteroatoms. The van der Waals surface area contributed by atoms with Crippen molar-refractivity contribution in [3.05, 3.63) is 53.6 Å². The van der Waals surface area contributed by atoms with Gasteiger partial charge in [-0.1, -0.05) is 6.07 Å². The first kappa shape index (κ1) is 24.0. The fourth-order valence-electron chi connectivity index (χ4n) is 4.05. The molecule has 34 heavy (non-hydrogen) atoms. The Bertz CT molecular complexity index is 1170. The molecule has 2 aromatic rings. The zero-order chi connectivity index (χ0) is 24.3. The third-order valence-corrected chi connectivity index (χ3v) is 7.87. The van der Waals surface area contributed by atoms with Gasteiger partial charge in [-0.05, 0) is 36.4 Å². The molecule has 0 aromatic heterocycles. The fraction of sp³-hybridized carbons (Fsp3) is 0.391. The van der Waals surface area contributed by atoms with E-state index in [4.69, 9.17) is 9.47 Å². The van der Waals surface area contributed by atoms with E-state index in [1.807, 2.05) is 0 Å². The highest BCUT2D eigenvalue weighted by molar-refractivity contribution is 7.89. The molecule has 2 aromatic carbocycles. The highest BCUT2D eigenvalue weighted by atomic mass is 32.2. The van der Waals surface area contributed by atoms with Crippen molar-refractivity contribution in [2.75, 3.05) is 59.6 Å². The molecule has 2 amide bonds. The van der Waals surface area contributed by atoms with E-state index in [1.165, 1.54) is 35.7 Å². The lowest BCUT2D eigenvalue weighted by Gasteiger charge is -2.35. The first-order valence-corrected chi connectivity index (χ1v) is 12.4. The van der Waals surface area contributed by atoms with Gasteiger partial charge >= 0.3 is 0 Å². The summed E-state index contributed by atoms with van der Waals surface area (Å²) < 4.78 is 38.2. The summed E-state index contributed by atoms with van der Waals surface area (Å²) in [5.41, 5.74) is 0.619. The number of phenolic OH excluding ortho intramolecular Hbond substituents is 1. The van der Waals surface area contributed by atoms with Crippen LogP contribution in [-0.2, 0) is 14.8 Å². The molecule has 0 bridgehead atoms. The predicted molar refractivity (Wildman–Crippen MR) is 122 cm³/mol. The van der Waals surface area contributed by atoms with Gasteiger partial charge in [0.2, 0.25) is 10.0 Å². The van der Waals surface area contributed by atoms with Crippen molar-refractivity contribution in [2.24, 2.45) is 0 Å². The number of methoxy groups -OCH3 is 1. The third kappa shape index (κ3) is 4.86. The van der Waals surface area contributed by atoms with Gasteiger partial charge in [0.1, 0.15) is 16.4 Å². The van der Waals surface area contributed by atoms with Gasteiger partial charge in [-0.25, -0.2) is 8.42 Å². The Kier molecular flexibility index (Phi) is 7.05. The number of carbonyl (C=O) groups excluding carboxylic acids is 2. The topological polar surface area (TPSA) is 117 Å². The molecule has 1 N–H and O–H groups in total. The molecule has 2 fully saturated rings. The van der Waals surface area contributed by atoms with E-state index in [-0.39, 0.29) is 46.9 Å². The number of amides is 2. The number of hydrogen-bond acceptors (Lipinski definition) is 7. The maximum atomic E-state index is 13.2. The van der Waals surface area contributed by atoms with Gasteiger partial charge in [0.05, 0.1) is 20.3 Å². The molecule has 0 unspecified atom stereocenters. The van der Waals surface area contributed by atoms with Gasteiger partial charge in [0.15, 0.2) is 0 Å². The summed E-state index contributed by atoms with van der Waals surface area (Å²) in [7, 11) is -2.47. The molecule has 2 aliphatic heterocycles. The Balaban J connectivity index is 1.48. The second kappa shape index (κ2) is 10.00. The zero-order valence-electron chi connectivity index (χ0n) is 18.8. The van der Waals surface area contributed by atoms with E-state index >= 15 is 0 Å². The lowest BCUT2D eigenvalue weighted by atomic mass is 10.1. The third-order valence-electron chi connectivity index (χ3n) is 5.95. The summed E-state index contributed by atoms with van der Waals surface area (Å²) in [5, 5.41) is 9.62. The number of morpholine rings is 1. The van der Waals surface area contributed by atoms with Gasteiger partial charge in [-0.15, -0.1) is 0 Å². The number of sulfonamides is 1. The Morgan fingerprint density at radius 3 is 2.03 bits per heavy atom. The molecule has 2 saturated heterocycles. The number of hydrogen-bond donors (Lipinski definition) is 1. The maximum absolute atomic E-state index is 13.2. The number of carbonyl (C=O) groups is 2. The van der Waals surface area contributed by atoms with E-state index < -0.39 is 10.0 Å². The molecule has 10 nitrogen and oxygen atoms in total. The average molecular weight is 490 g/mol. The number of benzene rings is 2. The number of aromatic hydroxyl groups is 1. The number of phenols is 1. The van der Waals surface area contributed by atoms with Crippen LogP contribution >= 0.6 is 0 Å². The largest absolute Gasteiger partial charge is 0.508 e. The van der Waals surface area contributed by atoms with Crippen molar-refractivity contribution < 1.29 is 32.6 Å². The van der Waals surface area contributed by atoms with Crippen LogP contribution in [0.2, 0.25) is 0 Å². The van der Waals surface area contributed by atoms with Crippen molar-refractivity contribution in [1.82, 2.24) is 14.1 Å². The summed E-state index contributed by atoms with van der Waals surface area (Å²) >= 11 is 0. The van der Waals surface area contributed by atoms with Gasteiger partial charge in [0.25, 0.3) is 11.8 Å². The van der Waals surface area contributed by atoms with Crippen LogP contribution in [-0.4, -0.2) is 99.0 Å². The van der Waals surface area contributed by atoms with Crippen LogP contribution in [0.4, 0.5) is 0 Å². The molecule has 2 aliphatic rings. The van der Waals surface area contributed by atoms with Crippen LogP contribution in [0.25, 0.3) is 0 Å². The van der Waals surface area contributed by atoms with Crippen molar-refractivity contribution in [2.45, 2.75) is 4.90 Å². The predicted octanol–water partition coefficient (Wildman–Crippen LogP) is 1.02. The lowest BCUT2D eigenvalue weighted by Crippen LogP contribution is -2.50. The summed E-state index contributed by atoms with van der Waals surface area (Å²) in [5.74, 6) is -0.344. The number of rotatable bonds is 5. The molecular formula is C23H27N3O7S. The monoisotopic (exact) mass is 489 g/mol. The van der Waals surface area contributed by atoms with Crippen molar-refractivity contribution in [3.8, 4) is 11.5 Å².